The van der Waals surface area contributed by atoms with Crippen molar-refractivity contribution < 1.29 is 4.79 Å². The number of amides is 1. The van der Waals surface area contributed by atoms with Crippen LogP contribution in [0.4, 0.5) is 5.69 Å². The highest BCUT2D eigenvalue weighted by Crippen LogP contribution is 2.41. The normalized spacial score (nSPS) is 24.4. The minimum Gasteiger partial charge on any atom is -0.324 e. The molecule has 1 heterocycles. The van der Waals surface area contributed by atoms with Gasteiger partial charge < -0.3 is 11.1 Å². The minimum absolute atomic E-state index is 0.0188. The molecule has 1 fully saturated rings. The smallest absolute Gasteiger partial charge is 0.231 e. The Kier molecular flexibility index (Phi) is 3.74. The number of rotatable bonds is 2. The molecule has 0 spiro atoms. The fourth-order valence-corrected chi connectivity index (χ4v) is 3.74. The number of halogens is 1. The zero-order chi connectivity index (χ0) is 14.3. The second-order valence-electron chi connectivity index (χ2n) is 6.10. The Balaban J connectivity index is 1.91. The molecular weight excluding hydrogens is 272 g/mol. The lowest BCUT2D eigenvalue weighted by Gasteiger charge is -2.28. The Morgan fingerprint density at radius 1 is 1.30 bits per heavy atom. The summed E-state index contributed by atoms with van der Waals surface area (Å²) in [6, 6.07) is 4.03. The van der Waals surface area contributed by atoms with Gasteiger partial charge in [0.15, 0.2) is 0 Å². The monoisotopic (exact) mass is 292 g/mol. The van der Waals surface area contributed by atoms with Crippen LogP contribution in [0.15, 0.2) is 12.1 Å². The third-order valence-corrected chi connectivity index (χ3v) is 5.09. The molecule has 2 atom stereocenters. The molecule has 1 aromatic carbocycles. The average Bonchev–Trinajstić information content (AvgIpc) is 2.76. The van der Waals surface area contributed by atoms with Crippen LogP contribution in [-0.2, 0) is 4.79 Å². The number of anilines is 1. The van der Waals surface area contributed by atoms with Crippen molar-refractivity contribution in [1.29, 1.82) is 0 Å². The van der Waals surface area contributed by atoms with Gasteiger partial charge in [-0.1, -0.05) is 36.9 Å². The molecule has 20 heavy (non-hydrogen) atoms. The maximum atomic E-state index is 11.8. The van der Waals surface area contributed by atoms with E-state index in [0.717, 1.165) is 16.8 Å². The third-order valence-electron chi connectivity index (χ3n) is 4.79. The first-order valence-corrected chi connectivity index (χ1v) is 7.85. The molecule has 1 amide bonds. The number of hydrogen-bond acceptors (Lipinski definition) is 2. The van der Waals surface area contributed by atoms with Crippen LogP contribution in [0.3, 0.4) is 0 Å². The largest absolute Gasteiger partial charge is 0.324 e. The van der Waals surface area contributed by atoms with Crippen LogP contribution in [0.5, 0.6) is 0 Å². The van der Waals surface area contributed by atoms with Gasteiger partial charge in [0.2, 0.25) is 5.91 Å². The third kappa shape index (κ3) is 2.33. The van der Waals surface area contributed by atoms with E-state index < -0.39 is 0 Å². The average molecular weight is 293 g/mol. The molecule has 108 valence electrons. The van der Waals surface area contributed by atoms with Crippen LogP contribution < -0.4 is 11.1 Å². The van der Waals surface area contributed by atoms with Crippen molar-refractivity contribution in [2.75, 3.05) is 5.32 Å². The van der Waals surface area contributed by atoms with Gasteiger partial charge in [-0.15, -0.1) is 0 Å². The standard InChI is InChI=1S/C16H21ClN2O/c1-9-12-7-11(8-13(17)15(12)19-16(9)20)14(18)10-5-3-2-4-6-10/h7-10,14H,2-6,18H2,1H3,(H,19,20). The summed E-state index contributed by atoms with van der Waals surface area (Å²) >= 11 is 6.32. The fraction of sp³-hybridized carbons (Fsp3) is 0.562. The lowest BCUT2D eigenvalue weighted by Crippen LogP contribution is -2.23. The van der Waals surface area contributed by atoms with E-state index in [1.54, 1.807) is 0 Å². The Morgan fingerprint density at radius 2 is 2.00 bits per heavy atom. The van der Waals surface area contributed by atoms with E-state index >= 15 is 0 Å². The number of nitrogens with one attached hydrogen (secondary N) is 1. The van der Waals surface area contributed by atoms with Gasteiger partial charge in [0.1, 0.15) is 0 Å². The number of benzene rings is 1. The predicted octanol–water partition coefficient (Wildman–Crippen LogP) is 3.98. The lowest BCUT2D eigenvalue weighted by atomic mass is 9.81. The summed E-state index contributed by atoms with van der Waals surface area (Å²) in [5.41, 5.74) is 9.28. The van der Waals surface area contributed by atoms with Crippen LogP contribution in [0, 0.1) is 5.92 Å². The van der Waals surface area contributed by atoms with Crippen LogP contribution in [-0.4, -0.2) is 5.91 Å². The van der Waals surface area contributed by atoms with E-state index in [1.807, 2.05) is 13.0 Å². The van der Waals surface area contributed by atoms with Gasteiger partial charge >= 0.3 is 0 Å². The molecule has 4 heteroatoms. The number of carbonyl (C=O) groups is 1. The molecule has 1 aromatic rings. The Hall–Kier alpha value is -1.06. The maximum absolute atomic E-state index is 11.8. The summed E-state index contributed by atoms with van der Waals surface area (Å²) in [5.74, 6) is 0.421. The van der Waals surface area contributed by atoms with Gasteiger partial charge in [-0.3, -0.25) is 4.79 Å². The Morgan fingerprint density at radius 3 is 2.70 bits per heavy atom. The maximum Gasteiger partial charge on any atom is 0.231 e. The molecule has 0 saturated heterocycles. The summed E-state index contributed by atoms with van der Waals surface area (Å²) < 4.78 is 0. The molecule has 0 radical (unpaired) electrons. The zero-order valence-electron chi connectivity index (χ0n) is 11.8. The van der Waals surface area contributed by atoms with E-state index in [2.05, 4.69) is 11.4 Å². The van der Waals surface area contributed by atoms with E-state index in [1.165, 1.54) is 32.1 Å². The second kappa shape index (κ2) is 5.38. The summed E-state index contributed by atoms with van der Waals surface area (Å²) in [6.45, 7) is 1.91. The first kappa shape index (κ1) is 13.9. The van der Waals surface area contributed by atoms with Crippen molar-refractivity contribution >= 4 is 23.2 Å². The summed E-state index contributed by atoms with van der Waals surface area (Å²) in [5, 5.41) is 3.46. The molecule has 0 bridgehead atoms. The second-order valence-corrected chi connectivity index (χ2v) is 6.51. The van der Waals surface area contributed by atoms with Crippen molar-refractivity contribution in [2.45, 2.75) is 51.0 Å². The molecule has 3 rings (SSSR count). The van der Waals surface area contributed by atoms with Gasteiger partial charge in [0.05, 0.1) is 16.6 Å². The molecule has 2 aliphatic rings. The summed E-state index contributed by atoms with van der Waals surface area (Å²) in [6.07, 6.45) is 6.26. The molecule has 1 aliphatic heterocycles. The number of nitrogens with two attached hydrogens (primary N) is 1. The van der Waals surface area contributed by atoms with Gasteiger partial charge in [-0.25, -0.2) is 0 Å². The molecular formula is C16H21ClN2O. The quantitative estimate of drug-likeness (QED) is 0.866. The summed E-state index contributed by atoms with van der Waals surface area (Å²) in [7, 11) is 0. The van der Waals surface area contributed by atoms with Crippen molar-refractivity contribution in [2.24, 2.45) is 11.7 Å². The lowest BCUT2D eigenvalue weighted by molar-refractivity contribution is -0.116. The van der Waals surface area contributed by atoms with Gasteiger partial charge in [0, 0.05) is 6.04 Å². The van der Waals surface area contributed by atoms with Crippen molar-refractivity contribution in [3.8, 4) is 0 Å². The molecule has 1 saturated carbocycles. The first-order chi connectivity index (χ1) is 9.58. The van der Waals surface area contributed by atoms with Crippen molar-refractivity contribution in [1.82, 2.24) is 0 Å². The summed E-state index contributed by atoms with van der Waals surface area (Å²) in [4.78, 5) is 11.8. The molecule has 1 aliphatic carbocycles. The Labute approximate surface area is 124 Å². The van der Waals surface area contributed by atoms with E-state index in [-0.39, 0.29) is 17.9 Å². The predicted molar refractivity (Wildman–Crippen MR) is 82.0 cm³/mol. The van der Waals surface area contributed by atoms with Crippen LogP contribution in [0.25, 0.3) is 0 Å². The van der Waals surface area contributed by atoms with Crippen LogP contribution in [0.1, 0.15) is 62.1 Å². The SMILES string of the molecule is CC1C(=O)Nc2c(Cl)cc(C(N)C3CCCCC3)cc21. The highest BCUT2D eigenvalue weighted by atomic mass is 35.5. The molecule has 3 N–H and O–H groups in total. The zero-order valence-corrected chi connectivity index (χ0v) is 12.5. The Bertz CT molecular complexity index is 538. The van der Waals surface area contributed by atoms with Gasteiger partial charge in [-0.2, -0.15) is 0 Å². The molecule has 3 nitrogen and oxygen atoms in total. The number of carbonyl (C=O) groups excluding carboxylic acids is 1. The minimum atomic E-state index is -0.138. The van der Waals surface area contributed by atoms with Crippen molar-refractivity contribution in [3.05, 3.63) is 28.3 Å². The highest BCUT2D eigenvalue weighted by Gasteiger charge is 2.30. The van der Waals surface area contributed by atoms with Gasteiger partial charge in [0.25, 0.3) is 0 Å². The van der Waals surface area contributed by atoms with Gasteiger partial charge in [-0.05, 0) is 42.9 Å². The number of hydrogen-bond donors (Lipinski definition) is 2. The highest BCUT2D eigenvalue weighted by molar-refractivity contribution is 6.34. The molecule has 2 unspecified atom stereocenters. The first-order valence-electron chi connectivity index (χ1n) is 7.47. The topological polar surface area (TPSA) is 55.1 Å². The molecule has 0 aromatic heterocycles. The fourth-order valence-electron chi connectivity index (χ4n) is 3.45. The van der Waals surface area contributed by atoms with Crippen LogP contribution in [0.2, 0.25) is 5.02 Å². The van der Waals surface area contributed by atoms with E-state index in [9.17, 15) is 4.79 Å². The van der Waals surface area contributed by atoms with Crippen molar-refractivity contribution in [3.63, 3.8) is 0 Å². The van der Waals surface area contributed by atoms with Crippen LogP contribution >= 0.6 is 11.6 Å². The number of fused-ring (bicyclic) bond motifs is 1. The van der Waals surface area contributed by atoms with E-state index in [4.69, 9.17) is 17.3 Å². The van der Waals surface area contributed by atoms with E-state index in [0.29, 0.717) is 10.9 Å².